The molecule has 2 N–H and O–H groups in total. The second-order valence-electron chi connectivity index (χ2n) is 3.17. The third-order valence-corrected chi connectivity index (χ3v) is 2.41. The molecule has 0 aromatic carbocycles. The van der Waals surface area contributed by atoms with Gasteiger partial charge in [0.25, 0.3) is 0 Å². The summed E-state index contributed by atoms with van der Waals surface area (Å²) in [6, 6.07) is 0.354. The highest BCUT2D eigenvalue weighted by Gasteiger charge is 2.20. The Balaban J connectivity index is 2.48. The van der Waals surface area contributed by atoms with Crippen LogP contribution in [0.3, 0.4) is 0 Å². The number of hydrogen-bond donors (Lipinski definition) is 1. The van der Waals surface area contributed by atoms with Gasteiger partial charge in [0, 0.05) is 25.2 Å². The van der Waals surface area contributed by atoms with Crippen LogP contribution in [-0.4, -0.2) is 18.8 Å². The molecule has 2 unspecified atom stereocenters. The van der Waals surface area contributed by atoms with E-state index < -0.39 is 0 Å². The Hall–Kier alpha value is -0.370. The van der Waals surface area contributed by atoms with Crippen LogP contribution < -0.4 is 5.73 Å². The SMILES string of the molecule is CN=C1CCC(C)C(N)C1. The Kier molecular flexibility index (Phi) is 2.44. The van der Waals surface area contributed by atoms with Gasteiger partial charge in [0.05, 0.1) is 0 Å². The van der Waals surface area contributed by atoms with Crippen LogP contribution >= 0.6 is 0 Å². The topological polar surface area (TPSA) is 38.4 Å². The van der Waals surface area contributed by atoms with Crippen LogP contribution in [-0.2, 0) is 0 Å². The second kappa shape index (κ2) is 3.15. The molecule has 0 spiro atoms. The van der Waals surface area contributed by atoms with Gasteiger partial charge < -0.3 is 5.73 Å². The highest BCUT2D eigenvalue weighted by atomic mass is 14.7. The third kappa shape index (κ3) is 1.57. The van der Waals surface area contributed by atoms with E-state index in [1.165, 1.54) is 12.1 Å². The van der Waals surface area contributed by atoms with Gasteiger partial charge >= 0.3 is 0 Å². The lowest BCUT2D eigenvalue weighted by atomic mass is 9.85. The number of rotatable bonds is 0. The molecule has 58 valence electrons. The van der Waals surface area contributed by atoms with Crippen LogP contribution in [0.5, 0.6) is 0 Å². The Labute approximate surface area is 62.5 Å². The summed E-state index contributed by atoms with van der Waals surface area (Å²) in [6.07, 6.45) is 3.39. The Bertz CT molecular complexity index is 140. The first-order chi connectivity index (χ1) is 4.74. The van der Waals surface area contributed by atoms with Crippen molar-refractivity contribution >= 4 is 5.71 Å². The van der Waals surface area contributed by atoms with Crippen molar-refractivity contribution in [2.45, 2.75) is 32.2 Å². The van der Waals surface area contributed by atoms with Gasteiger partial charge in [-0.05, 0) is 18.8 Å². The monoisotopic (exact) mass is 140 g/mol. The van der Waals surface area contributed by atoms with E-state index in [4.69, 9.17) is 5.73 Å². The molecule has 2 heteroatoms. The fourth-order valence-electron chi connectivity index (χ4n) is 1.39. The van der Waals surface area contributed by atoms with Crippen LogP contribution in [0.15, 0.2) is 4.99 Å². The second-order valence-corrected chi connectivity index (χ2v) is 3.17. The van der Waals surface area contributed by atoms with Gasteiger partial charge in [-0.25, -0.2) is 0 Å². The zero-order valence-corrected chi connectivity index (χ0v) is 6.80. The molecular weight excluding hydrogens is 124 g/mol. The lowest BCUT2D eigenvalue weighted by Crippen LogP contribution is -2.35. The summed E-state index contributed by atoms with van der Waals surface area (Å²) in [4.78, 5) is 4.17. The molecule has 0 radical (unpaired) electrons. The van der Waals surface area contributed by atoms with Crippen LogP contribution in [0.4, 0.5) is 0 Å². The van der Waals surface area contributed by atoms with Crippen LogP contribution in [0.2, 0.25) is 0 Å². The summed E-state index contributed by atoms with van der Waals surface area (Å²) in [7, 11) is 1.86. The molecule has 1 fully saturated rings. The van der Waals surface area contributed by atoms with E-state index in [9.17, 15) is 0 Å². The van der Waals surface area contributed by atoms with Gasteiger partial charge in [0.2, 0.25) is 0 Å². The first-order valence-electron chi connectivity index (χ1n) is 3.94. The predicted molar refractivity (Wildman–Crippen MR) is 44.3 cm³/mol. The van der Waals surface area contributed by atoms with E-state index in [0.29, 0.717) is 12.0 Å². The molecule has 1 saturated carbocycles. The summed E-state index contributed by atoms with van der Waals surface area (Å²) in [6.45, 7) is 2.22. The Morgan fingerprint density at radius 3 is 2.80 bits per heavy atom. The average molecular weight is 140 g/mol. The highest BCUT2D eigenvalue weighted by molar-refractivity contribution is 5.85. The summed E-state index contributed by atoms with van der Waals surface area (Å²) in [5.41, 5.74) is 7.16. The van der Waals surface area contributed by atoms with Crippen molar-refractivity contribution in [2.24, 2.45) is 16.6 Å². The van der Waals surface area contributed by atoms with Gasteiger partial charge in [-0.15, -0.1) is 0 Å². The molecule has 0 amide bonds. The van der Waals surface area contributed by atoms with E-state index in [2.05, 4.69) is 11.9 Å². The van der Waals surface area contributed by atoms with Crippen molar-refractivity contribution in [1.82, 2.24) is 0 Å². The first-order valence-corrected chi connectivity index (χ1v) is 3.94. The van der Waals surface area contributed by atoms with Crippen molar-refractivity contribution in [3.63, 3.8) is 0 Å². The maximum Gasteiger partial charge on any atom is 0.0276 e. The zero-order chi connectivity index (χ0) is 7.56. The molecule has 1 aliphatic rings. The van der Waals surface area contributed by atoms with Gasteiger partial charge in [-0.3, -0.25) is 4.99 Å². The average Bonchev–Trinajstić information content (AvgIpc) is 1.95. The zero-order valence-electron chi connectivity index (χ0n) is 6.80. The minimum absolute atomic E-state index is 0.354. The summed E-state index contributed by atoms with van der Waals surface area (Å²) in [5.74, 6) is 0.686. The Morgan fingerprint density at radius 2 is 2.30 bits per heavy atom. The fourth-order valence-corrected chi connectivity index (χ4v) is 1.39. The summed E-state index contributed by atoms with van der Waals surface area (Å²) < 4.78 is 0. The molecule has 2 nitrogen and oxygen atoms in total. The fraction of sp³-hybridized carbons (Fsp3) is 0.875. The maximum atomic E-state index is 5.86. The summed E-state index contributed by atoms with van der Waals surface area (Å²) >= 11 is 0. The third-order valence-electron chi connectivity index (χ3n) is 2.41. The standard InChI is InChI=1S/C8H16N2/c1-6-3-4-7(10-2)5-8(6)9/h6,8H,3-5,9H2,1-2H3. The molecule has 0 aromatic heterocycles. The van der Waals surface area contributed by atoms with Gasteiger partial charge in [-0.2, -0.15) is 0 Å². The minimum atomic E-state index is 0.354. The molecule has 1 aliphatic carbocycles. The highest BCUT2D eigenvalue weighted by Crippen LogP contribution is 2.20. The van der Waals surface area contributed by atoms with Crippen molar-refractivity contribution in [1.29, 1.82) is 0 Å². The van der Waals surface area contributed by atoms with Gasteiger partial charge in [0.1, 0.15) is 0 Å². The van der Waals surface area contributed by atoms with Crippen molar-refractivity contribution in [2.75, 3.05) is 7.05 Å². The molecule has 0 saturated heterocycles. The Morgan fingerprint density at radius 1 is 1.60 bits per heavy atom. The molecule has 1 rings (SSSR count). The maximum absolute atomic E-state index is 5.86. The van der Waals surface area contributed by atoms with E-state index >= 15 is 0 Å². The van der Waals surface area contributed by atoms with Gasteiger partial charge in [0.15, 0.2) is 0 Å². The summed E-state index contributed by atoms with van der Waals surface area (Å²) in [5, 5.41) is 0. The predicted octanol–water partition coefficient (Wildman–Crippen LogP) is 1.20. The smallest absolute Gasteiger partial charge is 0.0276 e. The normalized spacial score (nSPS) is 38.5. The molecule has 0 aromatic rings. The molecule has 0 bridgehead atoms. The number of hydrogen-bond acceptors (Lipinski definition) is 2. The minimum Gasteiger partial charge on any atom is -0.327 e. The van der Waals surface area contributed by atoms with Crippen LogP contribution in [0, 0.1) is 5.92 Å². The lowest BCUT2D eigenvalue weighted by molar-refractivity contribution is 0.415. The van der Waals surface area contributed by atoms with E-state index in [-0.39, 0.29) is 0 Å². The van der Waals surface area contributed by atoms with Crippen molar-refractivity contribution < 1.29 is 0 Å². The quantitative estimate of drug-likeness (QED) is 0.539. The molecular formula is C8H16N2. The van der Waals surface area contributed by atoms with Crippen molar-refractivity contribution in [3.8, 4) is 0 Å². The van der Waals surface area contributed by atoms with E-state index in [0.717, 1.165) is 12.8 Å². The largest absolute Gasteiger partial charge is 0.327 e. The van der Waals surface area contributed by atoms with Gasteiger partial charge in [-0.1, -0.05) is 6.92 Å². The molecule has 0 aliphatic heterocycles. The van der Waals surface area contributed by atoms with Crippen LogP contribution in [0.1, 0.15) is 26.2 Å². The lowest BCUT2D eigenvalue weighted by Gasteiger charge is -2.26. The molecule has 10 heavy (non-hydrogen) atoms. The molecule has 0 heterocycles. The van der Waals surface area contributed by atoms with Crippen molar-refractivity contribution in [3.05, 3.63) is 0 Å². The van der Waals surface area contributed by atoms with Crippen LogP contribution in [0.25, 0.3) is 0 Å². The number of nitrogens with zero attached hydrogens (tertiary/aromatic N) is 1. The van der Waals surface area contributed by atoms with E-state index in [1.54, 1.807) is 0 Å². The number of aliphatic imine (C=N–C) groups is 1. The molecule has 2 atom stereocenters. The first kappa shape index (κ1) is 7.73. The van der Waals surface area contributed by atoms with E-state index in [1.807, 2.05) is 7.05 Å². The number of nitrogens with two attached hydrogens (primary N) is 1.